The Kier molecular flexibility index (Phi) is 9.68. The van der Waals surface area contributed by atoms with Crippen LogP contribution in [0.4, 0.5) is 13.2 Å². The molecule has 0 saturated carbocycles. The molecule has 196 valence electrons. The lowest BCUT2D eigenvalue weighted by Gasteiger charge is -2.33. The zero-order valence-electron chi connectivity index (χ0n) is 20.1. The van der Waals surface area contributed by atoms with E-state index in [0.717, 1.165) is 18.9 Å². The molecule has 1 heterocycles. The first kappa shape index (κ1) is 28.3. The average Bonchev–Trinajstić information content (AvgIpc) is 2.81. The maximum atomic E-state index is 13.9. The lowest BCUT2D eigenvalue weighted by atomic mass is 10.00. The summed E-state index contributed by atoms with van der Waals surface area (Å²) in [6, 6.07) is 8.27. The van der Waals surface area contributed by atoms with Crippen molar-refractivity contribution in [2.24, 2.45) is 0 Å². The van der Waals surface area contributed by atoms with Crippen LogP contribution in [-0.2, 0) is 35.2 Å². The van der Waals surface area contributed by atoms with Crippen molar-refractivity contribution in [2.45, 2.75) is 56.9 Å². The molecular formula is C25H29ClF3N3O3S. The van der Waals surface area contributed by atoms with Crippen LogP contribution in [0.1, 0.15) is 53.7 Å². The summed E-state index contributed by atoms with van der Waals surface area (Å²) in [7, 11) is 0. The fourth-order valence-electron chi connectivity index (χ4n) is 4.31. The number of piperidine rings is 1. The first-order chi connectivity index (χ1) is 17.0. The molecule has 2 N–H and O–H groups in total. The fourth-order valence-corrected chi connectivity index (χ4v) is 5.46. The van der Waals surface area contributed by atoms with Crippen molar-refractivity contribution in [1.29, 1.82) is 0 Å². The second kappa shape index (κ2) is 12.3. The number of nitrogens with one attached hydrogen (secondary N) is 2. The van der Waals surface area contributed by atoms with Crippen molar-refractivity contribution in [1.82, 2.24) is 15.5 Å². The molecule has 3 rings (SSSR count). The van der Waals surface area contributed by atoms with E-state index in [0.29, 0.717) is 34.3 Å². The Morgan fingerprint density at radius 3 is 2.61 bits per heavy atom. The summed E-state index contributed by atoms with van der Waals surface area (Å²) < 4.78 is 54.0. The standard InChI is InChI=1S/C25H29ClF3N3O3S/c1-3-36(35)23-9-8-20(26)11-19(23)13-30-24(34)17-6-7-18(22(12-17)25(27,28)29)14-32-10-4-5-21(15-32)31-16(2)33/h6-9,11-12,21H,3-5,10,13-15H2,1-2H3,(H,30,34)(H,31,33). The van der Waals surface area contributed by atoms with Crippen molar-refractivity contribution in [2.75, 3.05) is 18.8 Å². The third-order valence-electron chi connectivity index (χ3n) is 5.95. The number of hydrogen-bond donors (Lipinski definition) is 2. The summed E-state index contributed by atoms with van der Waals surface area (Å²) in [5, 5.41) is 5.85. The molecule has 1 aliphatic rings. The third kappa shape index (κ3) is 7.61. The second-order valence-electron chi connectivity index (χ2n) is 8.71. The van der Waals surface area contributed by atoms with E-state index in [1.54, 1.807) is 25.1 Å². The van der Waals surface area contributed by atoms with Gasteiger partial charge in [0, 0.05) is 48.7 Å². The molecule has 11 heteroatoms. The van der Waals surface area contributed by atoms with Gasteiger partial charge in [0.2, 0.25) is 5.91 Å². The Morgan fingerprint density at radius 2 is 1.94 bits per heavy atom. The fraction of sp³-hybridized carbons (Fsp3) is 0.440. The molecule has 1 saturated heterocycles. The monoisotopic (exact) mass is 543 g/mol. The highest BCUT2D eigenvalue weighted by Gasteiger charge is 2.35. The van der Waals surface area contributed by atoms with E-state index in [-0.39, 0.29) is 36.2 Å². The molecule has 6 nitrogen and oxygen atoms in total. The van der Waals surface area contributed by atoms with Gasteiger partial charge in [0.15, 0.2) is 4.90 Å². The molecule has 0 bridgehead atoms. The molecule has 2 aromatic rings. The summed E-state index contributed by atoms with van der Waals surface area (Å²) in [6.07, 6.45) is -3.10. The molecule has 36 heavy (non-hydrogen) atoms. The summed E-state index contributed by atoms with van der Waals surface area (Å²) in [5.41, 5.74) is -0.381. The van der Waals surface area contributed by atoms with E-state index in [1.807, 2.05) is 4.90 Å². The van der Waals surface area contributed by atoms with Gasteiger partial charge >= 0.3 is 6.18 Å². The smallest absolute Gasteiger partial charge is 0.416 e. The normalized spacial score (nSPS) is 17.5. The molecule has 0 spiro atoms. The van der Waals surface area contributed by atoms with E-state index >= 15 is 0 Å². The zero-order chi connectivity index (χ0) is 26.5. The van der Waals surface area contributed by atoms with Gasteiger partial charge < -0.3 is 15.2 Å². The topological polar surface area (TPSA) is 84.5 Å². The maximum Gasteiger partial charge on any atom is 0.416 e. The van der Waals surface area contributed by atoms with E-state index in [9.17, 15) is 27.3 Å². The van der Waals surface area contributed by atoms with Crippen LogP contribution < -0.4 is 10.6 Å². The molecular weight excluding hydrogens is 515 g/mol. The molecule has 2 amide bonds. The number of likely N-dealkylation sites (tertiary alicyclic amines) is 1. The quantitative estimate of drug-likeness (QED) is 0.480. The predicted molar refractivity (Wildman–Crippen MR) is 133 cm³/mol. The zero-order valence-corrected chi connectivity index (χ0v) is 21.7. The molecule has 1 fully saturated rings. The number of rotatable bonds is 8. The SMILES string of the molecule is CC[S+]([O-])c1ccc(Cl)cc1CNC(=O)c1ccc(CN2CCCC(NC(C)=O)C2)c(C(F)(F)F)c1. The third-order valence-corrected chi connectivity index (χ3v) is 7.60. The number of alkyl halides is 3. The van der Waals surface area contributed by atoms with Crippen LogP contribution in [0.2, 0.25) is 5.02 Å². The first-order valence-corrected chi connectivity index (χ1v) is 13.3. The highest BCUT2D eigenvalue weighted by Crippen LogP contribution is 2.34. The van der Waals surface area contributed by atoms with Gasteiger partial charge in [-0.25, -0.2) is 0 Å². The van der Waals surface area contributed by atoms with Gasteiger partial charge in [0.1, 0.15) is 5.75 Å². The Labute approximate surface area is 216 Å². The number of carbonyl (C=O) groups excluding carboxylic acids is 2. The van der Waals surface area contributed by atoms with Gasteiger partial charge in [-0.3, -0.25) is 14.5 Å². The van der Waals surface area contributed by atoms with E-state index in [4.69, 9.17) is 11.6 Å². The highest BCUT2D eigenvalue weighted by molar-refractivity contribution is 7.91. The van der Waals surface area contributed by atoms with Crippen molar-refractivity contribution in [3.8, 4) is 0 Å². The molecule has 0 aliphatic carbocycles. The molecule has 0 radical (unpaired) electrons. The number of halogens is 4. The first-order valence-electron chi connectivity index (χ1n) is 11.6. The van der Waals surface area contributed by atoms with Crippen molar-refractivity contribution >= 4 is 34.6 Å². The number of benzene rings is 2. The molecule has 1 aliphatic heterocycles. The second-order valence-corrected chi connectivity index (χ2v) is 10.9. The molecule has 2 atom stereocenters. The average molecular weight is 544 g/mol. The van der Waals surface area contributed by atoms with Crippen molar-refractivity contribution < 1.29 is 27.3 Å². The van der Waals surface area contributed by atoms with Gasteiger partial charge in [-0.15, -0.1) is 0 Å². The van der Waals surface area contributed by atoms with Crippen molar-refractivity contribution in [3.63, 3.8) is 0 Å². The largest absolute Gasteiger partial charge is 0.611 e. The Bertz CT molecular complexity index is 1100. The highest BCUT2D eigenvalue weighted by atomic mass is 35.5. The van der Waals surface area contributed by atoms with Crippen molar-refractivity contribution in [3.05, 3.63) is 63.7 Å². The summed E-state index contributed by atoms with van der Waals surface area (Å²) in [5.74, 6) is -0.468. The van der Waals surface area contributed by atoms with Gasteiger partial charge in [-0.1, -0.05) is 17.7 Å². The minimum Gasteiger partial charge on any atom is -0.611 e. The lowest BCUT2D eigenvalue weighted by molar-refractivity contribution is -0.138. The van der Waals surface area contributed by atoms with Crippen LogP contribution in [0, 0.1) is 0 Å². The van der Waals surface area contributed by atoms with Gasteiger partial charge in [-0.05, 0) is 73.4 Å². The van der Waals surface area contributed by atoms with E-state index in [2.05, 4.69) is 10.6 Å². The lowest BCUT2D eigenvalue weighted by Crippen LogP contribution is -2.46. The minimum absolute atomic E-state index is 0.0259. The van der Waals surface area contributed by atoms with Crippen LogP contribution in [0.5, 0.6) is 0 Å². The van der Waals surface area contributed by atoms with E-state index < -0.39 is 28.8 Å². The van der Waals surface area contributed by atoms with Crippen LogP contribution in [0.15, 0.2) is 41.3 Å². The Morgan fingerprint density at radius 1 is 1.19 bits per heavy atom. The Hall–Kier alpha value is -2.27. The molecule has 0 aromatic heterocycles. The summed E-state index contributed by atoms with van der Waals surface area (Å²) in [6.45, 7) is 4.29. The summed E-state index contributed by atoms with van der Waals surface area (Å²) >= 11 is 4.75. The van der Waals surface area contributed by atoms with E-state index in [1.165, 1.54) is 19.1 Å². The molecule has 2 aromatic carbocycles. The maximum absolute atomic E-state index is 13.9. The number of carbonyl (C=O) groups is 2. The van der Waals surface area contributed by atoms with Gasteiger partial charge in [0.25, 0.3) is 5.91 Å². The van der Waals surface area contributed by atoms with Gasteiger partial charge in [0.05, 0.1) is 5.56 Å². The minimum atomic E-state index is -4.64. The Balaban J connectivity index is 1.76. The van der Waals surface area contributed by atoms with Crippen LogP contribution in [0.3, 0.4) is 0 Å². The molecule has 2 unspecified atom stereocenters. The number of nitrogens with zero attached hydrogens (tertiary/aromatic N) is 1. The van der Waals surface area contributed by atoms with Gasteiger partial charge in [-0.2, -0.15) is 13.2 Å². The van der Waals surface area contributed by atoms with Crippen LogP contribution >= 0.6 is 11.6 Å². The number of amides is 2. The predicted octanol–water partition coefficient (Wildman–Crippen LogP) is 4.52. The number of hydrogen-bond acceptors (Lipinski definition) is 4. The van der Waals surface area contributed by atoms with Crippen LogP contribution in [0.25, 0.3) is 0 Å². The van der Waals surface area contributed by atoms with Crippen LogP contribution in [-0.4, -0.2) is 46.2 Å². The summed E-state index contributed by atoms with van der Waals surface area (Å²) in [4.78, 5) is 26.5.